The molecule has 0 atom stereocenters. The first-order valence-corrected chi connectivity index (χ1v) is 8.26. The van der Waals surface area contributed by atoms with Gasteiger partial charge in [-0.05, 0) is 53.7 Å². The summed E-state index contributed by atoms with van der Waals surface area (Å²) >= 11 is 4.75. The number of thiocarbonyl (C=S) groups is 1. The van der Waals surface area contributed by atoms with Crippen molar-refractivity contribution in [2.45, 2.75) is 6.61 Å². The van der Waals surface area contributed by atoms with Gasteiger partial charge in [0.1, 0.15) is 17.9 Å². The van der Waals surface area contributed by atoms with Crippen LogP contribution in [0, 0.1) is 0 Å². The third kappa shape index (κ3) is 4.56. The fraction of sp³-hybridized carbons (Fsp3) is 0.0526. The molecule has 0 aliphatic carbocycles. The summed E-state index contributed by atoms with van der Waals surface area (Å²) in [5.74, 6) is -1.54. The Morgan fingerprint density at radius 1 is 1.07 bits per heavy atom. The van der Waals surface area contributed by atoms with E-state index in [1.165, 1.54) is 12.1 Å². The molecule has 136 valence electrons. The lowest BCUT2D eigenvalue weighted by Gasteiger charge is -2.16. The van der Waals surface area contributed by atoms with E-state index in [2.05, 4.69) is 10.6 Å². The summed E-state index contributed by atoms with van der Waals surface area (Å²) in [7, 11) is 0. The molecule has 0 spiro atoms. The number of rotatable bonds is 5. The lowest BCUT2D eigenvalue weighted by Crippen LogP contribution is -2.51. The molecular weight excluding hydrogens is 368 g/mol. The second kappa shape index (κ2) is 7.79. The topological polar surface area (TPSA) is 105 Å². The second-order valence-corrected chi connectivity index (χ2v) is 6.07. The summed E-state index contributed by atoms with van der Waals surface area (Å²) in [5.41, 5.74) is 1.53. The van der Waals surface area contributed by atoms with E-state index < -0.39 is 17.8 Å². The summed E-state index contributed by atoms with van der Waals surface area (Å²) in [5, 5.41) is 13.7. The Kier molecular flexibility index (Phi) is 5.28. The summed E-state index contributed by atoms with van der Waals surface area (Å²) in [4.78, 5) is 34.6. The van der Waals surface area contributed by atoms with Crippen molar-refractivity contribution in [1.82, 2.24) is 10.6 Å². The SMILES string of the molecule is O=C1NC(=S)NC(=O)C1=Cc1ccc(OCc2cccc(C(=O)O)c2)cc1. The summed E-state index contributed by atoms with van der Waals surface area (Å²) in [6.07, 6.45) is 1.45. The zero-order valence-corrected chi connectivity index (χ0v) is 14.7. The fourth-order valence-electron chi connectivity index (χ4n) is 2.39. The van der Waals surface area contributed by atoms with Gasteiger partial charge in [0.15, 0.2) is 5.11 Å². The normalized spacial score (nSPS) is 13.6. The highest BCUT2D eigenvalue weighted by atomic mass is 32.1. The Bertz CT molecular complexity index is 944. The highest BCUT2D eigenvalue weighted by molar-refractivity contribution is 7.80. The molecule has 0 bridgehead atoms. The molecule has 1 fully saturated rings. The van der Waals surface area contributed by atoms with Gasteiger partial charge < -0.3 is 9.84 Å². The van der Waals surface area contributed by atoms with Gasteiger partial charge in [-0.1, -0.05) is 24.3 Å². The molecule has 1 aliphatic rings. The van der Waals surface area contributed by atoms with E-state index in [9.17, 15) is 14.4 Å². The maximum absolute atomic E-state index is 11.8. The van der Waals surface area contributed by atoms with Crippen molar-refractivity contribution < 1.29 is 24.2 Å². The number of nitrogens with one attached hydrogen (secondary N) is 2. The van der Waals surface area contributed by atoms with E-state index in [1.54, 1.807) is 42.5 Å². The lowest BCUT2D eigenvalue weighted by molar-refractivity contribution is -0.123. The van der Waals surface area contributed by atoms with Crippen molar-refractivity contribution in [2.24, 2.45) is 0 Å². The van der Waals surface area contributed by atoms with Crippen LogP contribution in [0.25, 0.3) is 6.08 Å². The third-order valence-electron chi connectivity index (χ3n) is 3.71. The van der Waals surface area contributed by atoms with Gasteiger partial charge in [-0.15, -0.1) is 0 Å². The first-order chi connectivity index (χ1) is 12.9. The highest BCUT2D eigenvalue weighted by Crippen LogP contribution is 2.17. The minimum Gasteiger partial charge on any atom is -0.489 e. The van der Waals surface area contributed by atoms with Crippen LogP contribution in [-0.4, -0.2) is 28.0 Å². The van der Waals surface area contributed by atoms with Crippen molar-refractivity contribution >= 4 is 41.2 Å². The summed E-state index contributed by atoms with van der Waals surface area (Å²) in [6, 6.07) is 13.3. The molecular formula is C19H14N2O5S. The number of ether oxygens (including phenoxy) is 1. The van der Waals surface area contributed by atoms with Crippen molar-refractivity contribution in [3.63, 3.8) is 0 Å². The highest BCUT2D eigenvalue weighted by Gasteiger charge is 2.25. The third-order valence-corrected chi connectivity index (χ3v) is 3.92. The van der Waals surface area contributed by atoms with Crippen LogP contribution in [0.3, 0.4) is 0 Å². The Balaban J connectivity index is 1.67. The molecule has 1 aliphatic heterocycles. The first-order valence-electron chi connectivity index (χ1n) is 7.86. The molecule has 27 heavy (non-hydrogen) atoms. The van der Waals surface area contributed by atoms with Crippen LogP contribution in [-0.2, 0) is 16.2 Å². The molecule has 7 nitrogen and oxygen atoms in total. The predicted molar refractivity (Wildman–Crippen MR) is 101 cm³/mol. The van der Waals surface area contributed by atoms with E-state index in [4.69, 9.17) is 22.1 Å². The first kappa shape index (κ1) is 18.3. The van der Waals surface area contributed by atoms with E-state index in [1.807, 2.05) is 0 Å². The average molecular weight is 382 g/mol. The van der Waals surface area contributed by atoms with Crippen LogP contribution in [0.1, 0.15) is 21.5 Å². The van der Waals surface area contributed by atoms with Crippen LogP contribution in [0.15, 0.2) is 54.1 Å². The Morgan fingerprint density at radius 2 is 1.74 bits per heavy atom. The number of carboxylic acids is 1. The molecule has 2 aromatic rings. The van der Waals surface area contributed by atoms with E-state index >= 15 is 0 Å². The molecule has 8 heteroatoms. The van der Waals surface area contributed by atoms with E-state index in [0.717, 1.165) is 5.56 Å². The molecule has 2 amide bonds. The Hall–Kier alpha value is -3.52. The van der Waals surface area contributed by atoms with Gasteiger partial charge in [0.25, 0.3) is 11.8 Å². The van der Waals surface area contributed by atoms with Crippen LogP contribution >= 0.6 is 12.2 Å². The van der Waals surface area contributed by atoms with Gasteiger partial charge in [-0.3, -0.25) is 20.2 Å². The van der Waals surface area contributed by atoms with Gasteiger partial charge >= 0.3 is 5.97 Å². The number of hydrogen-bond acceptors (Lipinski definition) is 5. The van der Waals surface area contributed by atoms with Crippen LogP contribution in [0.2, 0.25) is 0 Å². The van der Waals surface area contributed by atoms with Crippen LogP contribution in [0.4, 0.5) is 0 Å². The number of carbonyl (C=O) groups is 3. The zero-order valence-electron chi connectivity index (χ0n) is 13.9. The van der Waals surface area contributed by atoms with Crippen molar-refractivity contribution in [3.05, 3.63) is 70.8 Å². The van der Waals surface area contributed by atoms with Gasteiger partial charge in [-0.25, -0.2) is 4.79 Å². The predicted octanol–water partition coefficient (Wildman–Crippen LogP) is 1.88. The average Bonchev–Trinajstić information content (AvgIpc) is 2.64. The van der Waals surface area contributed by atoms with Crippen molar-refractivity contribution in [2.75, 3.05) is 0 Å². The van der Waals surface area contributed by atoms with Gasteiger partial charge in [0, 0.05) is 0 Å². The summed E-state index contributed by atoms with van der Waals surface area (Å²) in [6.45, 7) is 0.212. The maximum atomic E-state index is 11.8. The van der Waals surface area contributed by atoms with Gasteiger partial charge in [0.2, 0.25) is 0 Å². The molecule has 0 aromatic heterocycles. The lowest BCUT2D eigenvalue weighted by atomic mass is 10.1. The van der Waals surface area contributed by atoms with Crippen LogP contribution in [0.5, 0.6) is 5.75 Å². The van der Waals surface area contributed by atoms with E-state index in [-0.39, 0.29) is 22.9 Å². The molecule has 1 saturated heterocycles. The molecule has 0 saturated carbocycles. The fourth-order valence-corrected chi connectivity index (χ4v) is 2.58. The number of aromatic carboxylic acids is 1. The monoisotopic (exact) mass is 382 g/mol. The molecule has 2 aromatic carbocycles. The number of carboxylic acid groups (broad SMARTS) is 1. The molecule has 3 rings (SSSR count). The minimum absolute atomic E-state index is 0.0159. The Morgan fingerprint density at radius 3 is 2.37 bits per heavy atom. The second-order valence-electron chi connectivity index (χ2n) is 5.66. The largest absolute Gasteiger partial charge is 0.489 e. The van der Waals surface area contributed by atoms with Gasteiger partial charge in [-0.2, -0.15) is 0 Å². The zero-order chi connectivity index (χ0) is 19.4. The smallest absolute Gasteiger partial charge is 0.335 e. The Labute approximate surface area is 159 Å². The molecule has 0 radical (unpaired) electrons. The summed E-state index contributed by atoms with van der Waals surface area (Å²) < 4.78 is 5.64. The van der Waals surface area contributed by atoms with Crippen LogP contribution < -0.4 is 15.4 Å². The maximum Gasteiger partial charge on any atom is 0.335 e. The quantitative estimate of drug-likeness (QED) is 0.414. The number of hydrogen-bond donors (Lipinski definition) is 3. The number of carbonyl (C=O) groups excluding carboxylic acids is 2. The van der Waals surface area contributed by atoms with Crippen molar-refractivity contribution in [1.29, 1.82) is 0 Å². The van der Waals surface area contributed by atoms with Gasteiger partial charge in [0.05, 0.1) is 5.56 Å². The van der Waals surface area contributed by atoms with E-state index in [0.29, 0.717) is 11.3 Å². The molecule has 0 unspecified atom stereocenters. The number of amides is 2. The number of benzene rings is 2. The van der Waals surface area contributed by atoms with Crippen molar-refractivity contribution in [3.8, 4) is 5.75 Å². The standard InChI is InChI=1S/C19H14N2O5S/c22-16-15(17(23)21-19(27)20-16)9-11-4-6-14(7-5-11)26-10-12-2-1-3-13(8-12)18(24)25/h1-9H,10H2,(H,24,25)(H2,20,21,22,23,27). The minimum atomic E-state index is -0.995. The molecule has 3 N–H and O–H groups in total. The molecule has 1 heterocycles.